The first-order valence-electron chi connectivity index (χ1n) is 2.00. The number of carbonyl (C=O) groups excluding carboxylic acids is 2. The van der Waals surface area contributed by atoms with Crippen LogP contribution in [0.4, 0.5) is 0 Å². The van der Waals surface area contributed by atoms with E-state index >= 15 is 0 Å². The highest BCUT2D eigenvalue weighted by Crippen LogP contribution is 1.81. The zero-order valence-electron chi connectivity index (χ0n) is 4.56. The van der Waals surface area contributed by atoms with Crippen molar-refractivity contribution in [2.45, 2.75) is 0 Å². The summed E-state index contributed by atoms with van der Waals surface area (Å²) >= 11 is 0. The van der Waals surface area contributed by atoms with E-state index in [-0.39, 0.29) is 0 Å². The van der Waals surface area contributed by atoms with Crippen LogP contribution in [0.5, 0.6) is 0 Å². The van der Waals surface area contributed by atoms with Gasteiger partial charge in [-0.05, 0) is 0 Å². The van der Waals surface area contributed by atoms with Crippen molar-refractivity contribution >= 4 is 21.9 Å². The predicted molar refractivity (Wildman–Crippen MR) is 24.6 cm³/mol. The number of carboxylic acids is 1. The fourth-order valence-corrected chi connectivity index (χ4v) is 0.658. The van der Waals surface area contributed by atoms with Crippen LogP contribution in [-0.2, 0) is 19.7 Å². The van der Waals surface area contributed by atoms with Crippen LogP contribution in [-0.4, -0.2) is 30.5 Å². The summed E-state index contributed by atoms with van der Waals surface area (Å²) in [5.41, 5.74) is 0. The first kappa shape index (κ1) is 9.05. The molecule has 0 aliphatic heterocycles. The maximum Gasteiger partial charge on any atom is 0.192 e. The topological polar surface area (TPSA) is 114 Å². The number of hydrogen-bond donors (Lipinski definition) is 0. The quantitative estimate of drug-likeness (QED) is 0.323. The molecule has 0 heterocycles. The molecule has 0 rings (SSSR count). The summed E-state index contributed by atoms with van der Waals surface area (Å²) in [6, 6.07) is 0. The average molecular weight is 166 g/mol. The van der Waals surface area contributed by atoms with Crippen LogP contribution < -0.4 is 5.11 Å². The summed E-state index contributed by atoms with van der Waals surface area (Å²) in [7, 11) is -4.79. The van der Waals surface area contributed by atoms with Gasteiger partial charge in [0.25, 0.3) is 0 Å². The Kier molecular flexibility index (Phi) is 2.49. The van der Waals surface area contributed by atoms with E-state index in [9.17, 15) is 27.7 Å². The van der Waals surface area contributed by atoms with Crippen molar-refractivity contribution < 1.29 is 27.7 Å². The van der Waals surface area contributed by atoms with Crippen molar-refractivity contribution in [2.24, 2.45) is 0 Å². The van der Waals surface area contributed by atoms with E-state index in [0.29, 0.717) is 0 Å². The third-order valence-electron chi connectivity index (χ3n) is 0.536. The lowest BCUT2D eigenvalue weighted by Crippen LogP contribution is -2.35. The van der Waals surface area contributed by atoms with Crippen molar-refractivity contribution in [2.75, 3.05) is 5.75 Å². The van der Waals surface area contributed by atoms with Gasteiger partial charge in [0.15, 0.2) is 5.78 Å². The van der Waals surface area contributed by atoms with E-state index in [0.717, 1.165) is 0 Å². The standard InChI is InChI=1S/C3H4O6S/c4-2(3(5)6)1-10(7,8)9/h1H2,(H,5,6)(H,7,8,9)/p-2. The molecule has 0 saturated carbocycles. The molecule has 0 spiro atoms. The summed E-state index contributed by atoms with van der Waals surface area (Å²) in [6.07, 6.45) is 0. The van der Waals surface area contributed by atoms with Crippen LogP contribution in [0.3, 0.4) is 0 Å². The molecule has 0 saturated heterocycles. The molecule has 0 aromatic heterocycles. The number of hydrogen-bond acceptors (Lipinski definition) is 6. The maximum absolute atomic E-state index is 9.92. The third kappa shape index (κ3) is 3.98. The summed E-state index contributed by atoms with van der Waals surface area (Å²) in [5.74, 6) is -5.44. The minimum atomic E-state index is -4.79. The molecule has 0 fully saturated rings. The second-order valence-electron chi connectivity index (χ2n) is 1.41. The Morgan fingerprint density at radius 1 is 1.30 bits per heavy atom. The molecule has 0 aromatic rings. The van der Waals surface area contributed by atoms with Gasteiger partial charge in [0.2, 0.25) is 0 Å². The molecular weight excluding hydrogens is 164 g/mol. The molecular formula is C3H2O6S-2. The molecule has 6 nitrogen and oxygen atoms in total. The Hall–Kier alpha value is -0.950. The normalized spacial score (nSPS) is 10.9. The Morgan fingerprint density at radius 3 is 1.80 bits per heavy atom. The lowest BCUT2D eigenvalue weighted by atomic mass is 10.5. The van der Waals surface area contributed by atoms with E-state index in [2.05, 4.69) is 0 Å². The highest BCUT2D eigenvalue weighted by atomic mass is 32.2. The van der Waals surface area contributed by atoms with Gasteiger partial charge in [-0.1, -0.05) is 0 Å². The fraction of sp³-hybridized carbons (Fsp3) is 0.333. The van der Waals surface area contributed by atoms with Gasteiger partial charge in [0.05, 0.1) is 0 Å². The SMILES string of the molecule is O=C([O-])C(=O)CS(=O)(=O)[O-]. The van der Waals surface area contributed by atoms with Crippen molar-refractivity contribution in [1.82, 2.24) is 0 Å². The molecule has 0 amide bonds. The van der Waals surface area contributed by atoms with E-state index < -0.39 is 27.6 Å². The monoisotopic (exact) mass is 166 g/mol. The number of Topliss-reactive ketones (excluding diaryl/α,β-unsaturated/α-hetero) is 1. The van der Waals surface area contributed by atoms with Gasteiger partial charge in [-0.25, -0.2) is 8.42 Å². The molecule has 0 bridgehead atoms. The van der Waals surface area contributed by atoms with Crippen molar-refractivity contribution in [1.29, 1.82) is 0 Å². The van der Waals surface area contributed by atoms with Gasteiger partial charge in [0.1, 0.15) is 21.8 Å². The Balaban J connectivity index is 4.21. The van der Waals surface area contributed by atoms with E-state index in [1.807, 2.05) is 0 Å². The van der Waals surface area contributed by atoms with Crippen molar-refractivity contribution in [3.05, 3.63) is 0 Å². The fourth-order valence-electron chi connectivity index (χ4n) is 0.219. The van der Waals surface area contributed by atoms with Crippen LogP contribution in [0.1, 0.15) is 0 Å². The first-order valence-corrected chi connectivity index (χ1v) is 3.58. The number of rotatable bonds is 3. The molecule has 58 valence electrons. The molecule has 0 radical (unpaired) electrons. The first-order chi connectivity index (χ1) is 4.33. The van der Waals surface area contributed by atoms with Crippen molar-refractivity contribution in [3.63, 3.8) is 0 Å². The predicted octanol–water partition coefficient (Wildman–Crippen LogP) is -3.15. The third-order valence-corrected chi connectivity index (χ3v) is 1.15. The molecule has 0 N–H and O–H groups in total. The van der Waals surface area contributed by atoms with Gasteiger partial charge in [-0.3, -0.25) is 4.79 Å². The van der Waals surface area contributed by atoms with E-state index in [1.54, 1.807) is 0 Å². The van der Waals surface area contributed by atoms with Gasteiger partial charge in [-0.15, -0.1) is 0 Å². The minimum Gasteiger partial charge on any atom is -0.748 e. The Morgan fingerprint density at radius 2 is 1.70 bits per heavy atom. The van der Waals surface area contributed by atoms with Crippen LogP contribution >= 0.6 is 0 Å². The number of carboxylic acid groups (broad SMARTS) is 1. The Bertz CT molecular complexity index is 248. The lowest BCUT2D eigenvalue weighted by Gasteiger charge is -2.04. The molecule has 0 aliphatic rings. The minimum absolute atomic E-state index is 1.55. The summed E-state index contributed by atoms with van der Waals surface area (Å²) in [5, 5.41) is 9.51. The van der Waals surface area contributed by atoms with Gasteiger partial charge < -0.3 is 14.5 Å². The van der Waals surface area contributed by atoms with E-state index in [1.165, 1.54) is 0 Å². The summed E-state index contributed by atoms with van der Waals surface area (Å²) in [6.45, 7) is 0. The van der Waals surface area contributed by atoms with Crippen LogP contribution in [0.2, 0.25) is 0 Å². The van der Waals surface area contributed by atoms with Crippen LogP contribution in [0.25, 0.3) is 0 Å². The van der Waals surface area contributed by atoms with Gasteiger partial charge >= 0.3 is 0 Å². The van der Waals surface area contributed by atoms with Gasteiger partial charge in [0, 0.05) is 0 Å². The smallest absolute Gasteiger partial charge is 0.192 e. The second kappa shape index (κ2) is 2.76. The molecule has 0 unspecified atom stereocenters. The highest BCUT2D eigenvalue weighted by molar-refractivity contribution is 7.86. The van der Waals surface area contributed by atoms with E-state index in [4.69, 9.17) is 0 Å². The second-order valence-corrected chi connectivity index (χ2v) is 2.82. The van der Waals surface area contributed by atoms with Crippen molar-refractivity contribution in [3.8, 4) is 0 Å². The molecule has 10 heavy (non-hydrogen) atoms. The molecule has 0 aromatic carbocycles. The number of ketones is 1. The molecule has 7 heteroatoms. The van der Waals surface area contributed by atoms with Gasteiger partial charge in [-0.2, -0.15) is 0 Å². The zero-order valence-corrected chi connectivity index (χ0v) is 5.38. The zero-order chi connectivity index (χ0) is 8.36. The Labute approximate surface area is 56.2 Å². The average Bonchev–Trinajstić information content (AvgIpc) is 1.60. The summed E-state index contributed by atoms with van der Waals surface area (Å²) in [4.78, 5) is 19.4. The van der Waals surface area contributed by atoms with Crippen LogP contribution in [0.15, 0.2) is 0 Å². The summed E-state index contributed by atoms with van der Waals surface area (Å²) < 4.78 is 29.0. The highest BCUT2D eigenvalue weighted by Gasteiger charge is 2.06. The lowest BCUT2D eigenvalue weighted by molar-refractivity contribution is -0.299. The number of carbonyl (C=O) groups is 2. The van der Waals surface area contributed by atoms with Crippen LogP contribution in [0, 0.1) is 0 Å². The molecule has 0 atom stereocenters. The number of aliphatic carboxylic acids is 1. The molecule has 0 aliphatic carbocycles. The largest absolute Gasteiger partial charge is 0.748 e. The maximum atomic E-state index is 9.92.